The van der Waals surface area contributed by atoms with E-state index in [1.54, 1.807) is 0 Å². The van der Waals surface area contributed by atoms with Crippen molar-refractivity contribution in [2.45, 2.75) is 43.7 Å². The minimum atomic E-state index is 0.0201. The minimum Gasteiger partial charge on any atom is -0.368 e. The van der Waals surface area contributed by atoms with Crippen molar-refractivity contribution in [3.05, 3.63) is 0 Å². The van der Waals surface area contributed by atoms with Gasteiger partial charge in [-0.3, -0.25) is 4.79 Å². The summed E-state index contributed by atoms with van der Waals surface area (Å²) in [6.07, 6.45) is 5.88. The molecule has 2 aliphatic rings. The number of piperidine rings is 1. The molecule has 1 heterocycles. The zero-order chi connectivity index (χ0) is 13.7. The highest BCUT2D eigenvalue weighted by Gasteiger charge is 2.39. The van der Waals surface area contributed by atoms with Gasteiger partial charge in [-0.2, -0.15) is 0 Å². The van der Waals surface area contributed by atoms with Crippen molar-refractivity contribution >= 4 is 5.91 Å². The molecular weight excluding hydrogens is 242 g/mol. The fourth-order valence-electron chi connectivity index (χ4n) is 2.84. The molecule has 2 N–H and O–H groups in total. The summed E-state index contributed by atoms with van der Waals surface area (Å²) in [4.78, 5) is 14.1. The molecule has 5 heteroatoms. The van der Waals surface area contributed by atoms with E-state index in [-0.39, 0.29) is 24.2 Å². The van der Waals surface area contributed by atoms with Gasteiger partial charge in [0.25, 0.3) is 0 Å². The molecule has 1 saturated heterocycles. The fraction of sp³-hybridized carbons (Fsp3) is 0.929. The molecule has 2 fully saturated rings. The van der Waals surface area contributed by atoms with Crippen LogP contribution >= 0.6 is 0 Å². The van der Waals surface area contributed by atoms with Gasteiger partial charge in [0.15, 0.2) is 0 Å². The molecule has 5 nitrogen and oxygen atoms in total. The Balaban J connectivity index is 1.64. The van der Waals surface area contributed by atoms with Crippen molar-refractivity contribution in [1.29, 1.82) is 0 Å². The van der Waals surface area contributed by atoms with Gasteiger partial charge in [-0.05, 0) is 59.3 Å². The Hall–Kier alpha value is -0.650. The number of nitrogens with zero attached hydrogens (tertiary/aromatic N) is 1. The van der Waals surface area contributed by atoms with Crippen molar-refractivity contribution < 1.29 is 9.53 Å². The standard InChI is InChI=1S/C14H27N3O2/c1-17(2)14(6-3-7-14)11-16-13(18)10-19-12-4-8-15-9-5-12/h12,15H,3-11H2,1-2H3,(H,16,18). The first-order valence-corrected chi connectivity index (χ1v) is 7.39. The second-order valence-corrected chi connectivity index (χ2v) is 6.01. The van der Waals surface area contributed by atoms with Crippen LogP contribution in [0.25, 0.3) is 0 Å². The van der Waals surface area contributed by atoms with Gasteiger partial charge in [0, 0.05) is 12.1 Å². The first-order valence-electron chi connectivity index (χ1n) is 7.39. The van der Waals surface area contributed by atoms with E-state index in [1.807, 2.05) is 0 Å². The lowest BCUT2D eigenvalue weighted by Gasteiger charge is -2.47. The van der Waals surface area contributed by atoms with Gasteiger partial charge in [-0.15, -0.1) is 0 Å². The van der Waals surface area contributed by atoms with Crippen LogP contribution in [-0.2, 0) is 9.53 Å². The number of ether oxygens (including phenoxy) is 1. The zero-order valence-corrected chi connectivity index (χ0v) is 12.2. The second-order valence-electron chi connectivity index (χ2n) is 6.01. The summed E-state index contributed by atoms with van der Waals surface area (Å²) in [6.45, 7) is 2.94. The Morgan fingerprint density at radius 1 is 1.37 bits per heavy atom. The maximum Gasteiger partial charge on any atom is 0.246 e. The third-order valence-electron chi connectivity index (χ3n) is 4.58. The molecule has 0 radical (unpaired) electrons. The average Bonchev–Trinajstić information content (AvgIpc) is 2.36. The summed E-state index contributed by atoms with van der Waals surface area (Å²) in [5.74, 6) is 0.0201. The molecule has 0 unspecified atom stereocenters. The van der Waals surface area contributed by atoms with Crippen LogP contribution in [0.3, 0.4) is 0 Å². The molecule has 19 heavy (non-hydrogen) atoms. The van der Waals surface area contributed by atoms with Crippen LogP contribution < -0.4 is 10.6 Å². The Bertz CT molecular complexity index is 297. The van der Waals surface area contributed by atoms with Gasteiger partial charge in [0.05, 0.1) is 6.10 Å². The molecule has 0 aromatic rings. The van der Waals surface area contributed by atoms with Crippen LogP contribution in [0.1, 0.15) is 32.1 Å². The quantitative estimate of drug-likeness (QED) is 0.731. The molecule has 110 valence electrons. The molecule has 1 amide bonds. The number of carbonyl (C=O) groups excluding carboxylic acids is 1. The third-order valence-corrected chi connectivity index (χ3v) is 4.58. The van der Waals surface area contributed by atoms with E-state index in [0.717, 1.165) is 32.5 Å². The van der Waals surface area contributed by atoms with Gasteiger partial charge in [-0.1, -0.05) is 0 Å². The average molecular weight is 269 g/mol. The molecule has 0 atom stereocenters. The predicted octanol–water partition coefficient (Wildman–Crippen LogP) is 0.356. The van der Waals surface area contributed by atoms with Gasteiger partial charge < -0.3 is 20.3 Å². The number of likely N-dealkylation sites (N-methyl/N-ethyl adjacent to an activating group) is 1. The smallest absolute Gasteiger partial charge is 0.246 e. The summed E-state index contributed by atoms with van der Waals surface area (Å²) < 4.78 is 5.66. The summed E-state index contributed by atoms with van der Waals surface area (Å²) in [5, 5.41) is 6.31. The number of hydrogen-bond donors (Lipinski definition) is 2. The van der Waals surface area contributed by atoms with Gasteiger partial charge in [0.1, 0.15) is 6.61 Å². The normalized spacial score (nSPS) is 23.1. The SMILES string of the molecule is CN(C)C1(CNC(=O)COC2CCNCC2)CCC1. The maximum absolute atomic E-state index is 11.8. The van der Waals surface area contributed by atoms with Crippen molar-refractivity contribution in [2.75, 3.05) is 40.3 Å². The van der Waals surface area contributed by atoms with Crippen molar-refractivity contribution in [2.24, 2.45) is 0 Å². The third kappa shape index (κ3) is 3.91. The van der Waals surface area contributed by atoms with Crippen molar-refractivity contribution in [3.8, 4) is 0 Å². The highest BCUT2D eigenvalue weighted by atomic mass is 16.5. The van der Waals surface area contributed by atoms with Crippen LogP contribution in [0.2, 0.25) is 0 Å². The summed E-state index contributed by atoms with van der Waals surface area (Å²) in [7, 11) is 4.19. The highest BCUT2D eigenvalue weighted by Crippen LogP contribution is 2.35. The minimum absolute atomic E-state index is 0.0201. The van der Waals surface area contributed by atoms with Gasteiger partial charge in [-0.25, -0.2) is 0 Å². The maximum atomic E-state index is 11.8. The molecule has 1 saturated carbocycles. The van der Waals surface area contributed by atoms with Crippen LogP contribution in [0.5, 0.6) is 0 Å². The second kappa shape index (κ2) is 6.68. The van der Waals surface area contributed by atoms with E-state index in [4.69, 9.17) is 4.74 Å². The van der Waals surface area contributed by atoms with Gasteiger partial charge in [0.2, 0.25) is 5.91 Å². The predicted molar refractivity (Wildman–Crippen MR) is 75.1 cm³/mol. The first-order chi connectivity index (χ1) is 9.12. The van der Waals surface area contributed by atoms with Crippen molar-refractivity contribution in [3.63, 3.8) is 0 Å². The molecule has 0 spiro atoms. The summed E-state index contributed by atoms with van der Waals surface area (Å²) >= 11 is 0. The lowest BCUT2D eigenvalue weighted by atomic mass is 9.75. The zero-order valence-electron chi connectivity index (χ0n) is 12.2. The molecule has 2 rings (SSSR count). The highest BCUT2D eigenvalue weighted by molar-refractivity contribution is 5.77. The first kappa shape index (κ1) is 14.8. The van der Waals surface area contributed by atoms with E-state index in [1.165, 1.54) is 19.3 Å². The molecule has 0 aromatic heterocycles. The molecule has 1 aliphatic heterocycles. The van der Waals surface area contributed by atoms with E-state index in [0.29, 0.717) is 0 Å². The fourth-order valence-corrected chi connectivity index (χ4v) is 2.84. The monoisotopic (exact) mass is 269 g/mol. The molecule has 0 aromatic carbocycles. The van der Waals surface area contributed by atoms with Crippen molar-refractivity contribution in [1.82, 2.24) is 15.5 Å². The number of nitrogens with one attached hydrogen (secondary N) is 2. The molecule has 0 bridgehead atoms. The van der Waals surface area contributed by atoms with Crippen LogP contribution in [0.15, 0.2) is 0 Å². The molecular formula is C14H27N3O2. The number of rotatable bonds is 6. The summed E-state index contributed by atoms with van der Waals surface area (Å²) in [5.41, 5.74) is 0.185. The van der Waals surface area contributed by atoms with Gasteiger partial charge >= 0.3 is 0 Å². The van der Waals surface area contributed by atoms with Crippen LogP contribution in [0, 0.1) is 0 Å². The Morgan fingerprint density at radius 3 is 2.58 bits per heavy atom. The van der Waals surface area contributed by atoms with E-state index >= 15 is 0 Å². The number of amides is 1. The van der Waals surface area contributed by atoms with E-state index in [2.05, 4.69) is 29.6 Å². The lowest BCUT2D eigenvalue weighted by Crippen LogP contribution is -2.57. The number of hydrogen-bond acceptors (Lipinski definition) is 4. The largest absolute Gasteiger partial charge is 0.368 e. The Morgan fingerprint density at radius 2 is 2.05 bits per heavy atom. The molecule has 1 aliphatic carbocycles. The number of carbonyl (C=O) groups is 1. The van der Waals surface area contributed by atoms with Crippen LogP contribution in [0.4, 0.5) is 0 Å². The Labute approximate surface area is 116 Å². The topological polar surface area (TPSA) is 53.6 Å². The summed E-state index contributed by atoms with van der Waals surface area (Å²) in [6, 6.07) is 0. The Kier molecular flexibility index (Phi) is 5.19. The van der Waals surface area contributed by atoms with E-state index < -0.39 is 0 Å². The lowest BCUT2D eigenvalue weighted by molar-refractivity contribution is -0.129. The van der Waals surface area contributed by atoms with E-state index in [9.17, 15) is 4.79 Å². The van der Waals surface area contributed by atoms with Crippen LogP contribution in [-0.4, -0.2) is 62.8 Å².